The highest BCUT2D eigenvalue weighted by molar-refractivity contribution is 5.45. The monoisotopic (exact) mass is 320 g/mol. The molecule has 0 aromatic heterocycles. The van der Waals surface area contributed by atoms with Gasteiger partial charge in [0.1, 0.15) is 5.82 Å². The Morgan fingerprint density at radius 3 is 2.25 bits per heavy atom. The molecule has 2 aromatic carbocycles. The third kappa shape index (κ3) is 2.92. The van der Waals surface area contributed by atoms with Gasteiger partial charge < -0.3 is 0 Å². The zero-order valence-electron chi connectivity index (χ0n) is 14.4. The Morgan fingerprint density at radius 2 is 1.54 bits per heavy atom. The maximum atomic E-state index is 13.2. The molecule has 24 heavy (non-hydrogen) atoms. The highest BCUT2D eigenvalue weighted by atomic mass is 19.1. The molecule has 0 N–H and O–H groups in total. The van der Waals surface area contributed by atoms with Gasteiger partial charge in [-0.2, -0.15) is 0 Å². The van der Waals surface area contributed by atoms with E-state index in [9.17, 15) is 4.39 Å². The molecule has 0 aliphatic heterocycles. The van der Waals surface area contributed by atoms with Gasteiger partial charge in [0.2, 0.25) is 0 Å². The van der Waals surface area contributed by atoms with Crippen LogP contribution in [0.25, 0.3) is 0 Å². The first-order valence-electron chi connectivity index (χ1n) is 9.25. The van der Waals surface area contributed by atoms with E-state index >= 15 is 0 Å². The zero-order valence-corrected chi connectivity index (χ0v) is 14.4. The Morgan fingerprint density at radius 1 is 0.875 bits per heavy atom. The first kappa shape index (κ1) is 15.6. The minimum Gasteiger partial charge on any atom is -0.207 e. The highest BCUT2D eigenvalue weighted by Crippen LogP contribution is 2.38. The third-order valence-corrected chi connectivity index (χ3v) is 5.89. The molecule has 0 saturated carbocycles. The van der Waals surface area contributed by atoms with Gasteiger partial charge in [0, 0.05) is 0 Å². The predicted octanol–water partition coefficient (Wildman–Crippen LogP) is 5.78. The minimum atomic E-state index is -0.139. The van der Waals surface area contributed by atoms with Crippen molar-refractivity contribution in [2.75, 3.05) is 0 Å². The molecule has 0 fully saturated rings. The van der Waals surface area contributed by atoms with E-state index in [1.165, 1.54) is 43.2 Å². The van der Waals surface area contributed by atoms with E-state index in [1.54, 1.807) is 28.8 Å². The largest absolute Gasteiger partial charge is 0.207 e. The van der Waals surface area contributed by atoms with Gasteiger partial charge in [-0.3, -0.25) is 0 Å². The predicted molar refractivity (Wildman–Crippen MR) is 97.9 cm³/mol. The van der Waals surface area contributed by atoms with Crippen molar-refractivity contribution < 1.29 is 4.39 Å². The van der Waals surface area contributed by atoms with Crippen LogP contribution < -0.4 is 0 Å². The van der Waals surface area contributed by atoms with Crippen molar-refractivity contribution >= 4 is 0 Å². The number of halogens is 1. The van der Waals surface area contributed by atoms with Gasteiger partial charge in [0.05, 0.1) is 0 Å². The fourth-order valence-electron chi connectivity index (χ4n) is 4.65. The van der Waals surface area contributed by atoms with E-state index in [4.69, 9.17) is 0 Å². The summed E-state index contributed by atoms with van der Waals surface area (Å²) < 4.78 is 13.2. The quantitative estimate of drug-likeness (QED) is 0.615. The molecule has 0 amide bonds. The smallest absolute Gasteiger partial charge is 0.123 e. The summed E-state index contributed by atoms with van der Waals surface area (Å²) in [5.41, 5.74) is 7.66. The summed E-state index contributed by atoms with van der Waals surface area (Å²) in [6, 6.07) is 11.9. The van der Waals surface area contributed by atoms with Crippen molar-refractivity contribution in [2.45, 2.75) is 51.4 Å². The molecular weight excluding hydrogens is 295 g/mol. The molecule has 0 radical (unpaired) electrons. The number of allylic oxidation sites excluding steroid dienone is 2. The molecule has 2 aliphatic carbocycles. The topological polar surface area (TPSA) is 0 Å². The molecular formula is C23H25F. The lowest BCUT2D eigenvalue weighted by Crippen LogP contribution is -2.20. The van der Waals surface area contributed by atoms with Crippen molar-refractivity contribution in [3.05, 3.63) is 82.2 Å². The van der Waals surface area contributed by atoms with Crippen LogP contribution in [0.4, 0.5) is 4.39 Å². The fraction of sp³-hybridized carbons (Fsp3) is 0.391. The molecule has 124 valence electrons. The summed E-state index contributed by atoms with van der Waals surface area (Å²) in [6.07, 6.45) is 11.8. The van der Waals surface area contributed by atoms with Crippen LogP contribution in [0.2, 0.25) is 0 Å². The van der Waals surface area contributed by atoms with Crippen molar-refractivity contribution in [3.8, 4) is 0 Å². The maximum Gasteiger partial charge on any atom is 0.123 e. The van der Waals surface area contributed by atoms with E-state index in [0.29, 0.717) is 5.92 Å². The average Bonchev–Trinajstić information content (AvgIpc) is 2.62. The molecule has 0 saturated heterocycles. The van der Waals surface area contributed by atoms with Gasteiger partial charge in [-0.1, -0.05) is 36.4 Å². The summed E-state index contributed by atoms with van der Waals surface area (Å²) in [5, 5.41) is 0. The fourth-order valence-corrected chi connectivity index (χ4v) is 4.65. The number of rotatable bonds is 2. The minimum absolute atomic E-state index is 0.139. The Labute approximate surface area is 144 Å². The lowest BCUT2D eigenvalue weighted by atomic mass is 9.74. The van der Waals surface area contributed by atoms with Crippen LogP contribution in [0.5, 0.6) is 0 Å². The molecule has 0 nitrogen and oxygen atoms in total. The number of hydrogen-bond acceptors (Lipinski definition) is 0. The molecule has 0 spiro atoms. The maximum absolute atomic E-state index is 13.2. The highest BCUT2D eigenvalue weighted by Gasteiger charge is 2.26. The Hall–Kier alpha value is -1.89. The second kappa shape index (κ2) is 6.55. The van der Waals surface area contributed by atoms with E-state index in [0.717, 1.165) is 12.3 Å². The Kier molecular flexibility index (Phi) is 4.26. The van der Waals surface area contributed by atoms with Crippen LogP contribution in [0.3, 0.4) is 0 Å². The Bertz CT molecular complexity index is 754. The van der Waals surface area contributed by atoms with Gasteiger partial charge in [-0.25, -0.2) is 4.39 Å². The van der Waals surface area contributed by atoms with Crippen molar-refractivity contribution in [2.24, 2.45) is 5.92 Å². The Balaban J connectivity index is 1.59. The van der Waals surface area contributed by atoms with E-state index in [1.807, 2.05) is 12.1 Å². The summed E-state index contributed by atoms with van der Waals surface area (Å²) in [4.78, 5) is 0. The van der Waals surface area contributed by atoms with Crippen molar-refractivity contribution in [3.63, 3.8) is 0 Å². The lowest BCUT2D eigenvalue weighted by molar-refractivity contribution is 0.533. The van der Waals surface area contributed by atoms with Gasteiger partial charge in [-0.15, -0.1) is 0 Å². The normalized spacial score (nSPS) is 23.1. The van der Waals surface area contributed by atoms with Gasteiger partial charge in [0.25, 0.3) is 0 Å². The zero-order chi connectivity index (χ0) is 16.5. The van der Waals surface area contributed by atoms with E-state index in [-0.39, 0.29) is 5.82 Å². The lowest BCUT2D eigenvalue weighted by Gasteiger charge is -2.31. The summed E-state index contributed by atoms with van der Waals surface area (Å²) in [7, 11) is 0. The second-order valence-corrected chi connectivity index (χ2v) is 7.36. The molecule has 0 bridgehead atoms. The molecule has 0 heterocycles. The standard InChI is InChI=1S/C23H25F/c1-2-3-16-4-12-22-19(14-16)5-6-20-15-18(9-13-23(20)22)17-7-10-21(24)11-8-17/h2-3,5-8,10-11,16,18H,4,9,12-15H2,1H3/b3-2-/t16-,18-/m0/s1. The second-order valence-electron chi connectivity index (χ2n) is 7.36. The molecule has 4 rings (SSSR count). The first-order chi connectivity index (χ1) is 11.7. The van der Waals surface area contributed by atoms with Crippen LogP contribution in [0.15, 0.2) is 48.6 Å². The molecule has 2 atom stereocenters. The van der Waals surface area contributed by atoms with Crippen molar-refractivity contribution in [1.29, 1.82) is 0 Å². The summed E-state index contributed by atoms with van der Waals surface area (Å²) in [6.45, 7) is 2.12. The third-order valence-electron chi connectivity index (χ3n) is 5.89. The SMILES string of the molecule is C/C=C\[C@H]1CCc2c(ccc3c2CC[C@H](c2ccc(F)cc2)C3)C1. The van der Waals surface area contributed by atoms with Gasteiger partial charge in [0.15, 0.2) is 0 Å². The van der Waals surface area contributed by atoms with Gasteiger partial charge in [-0.05, 0) is 97.2 Å². The van der Waals surface area contributed by atoms with Crippen LogP contribution in [0.1, 0.15) is 53.5 Å². The number of hydrogen-bond donors (Lipinski definition) is 0. The van der Waals surface area contributed by atoms with Crippen molar-refractivity contribution in [1.82, 2.24) is 0 Å². The molecule has 2 aliphatic rings. The summed E-state index contributed by atoms with van der Waals surface area (Å²) >= 11 is 0. The van der Waals surface area contributed by atoms with Gasteiger partial charge >= 0.3 is 0 Å². The van der Waals surface area contributed by atoms with Crippen LogP contribution in [0, 0.1) is 11.7 Å². The average molecular weight is 320 g/mol. The van der Waals surface area contributed by atoms with E-state index in [2.05, 4.69) is 31.2 Å². The first-order valence-corrected chi connectivity index (χ1v) is 9.25. The van der Waals surface area contributed by atoms with Crippen LogP contribution >= 0.6 is 0 Å². The van der Waals surface area contributed by atoms with E-state index < -0.39 is 0 Å². The summed E-state index contributed by atoms with van der Waals surface area (Å²) in [5.74, 6) is 1.12. The number of benzene rings is 2. The van der Waals surface area contributed by atoms with Crippen LogP contribution in [-0.2, 0) is 25.7 Å². The molecule has 1 heteroatoms. The molecule has 2 aromatic rings. The molecule has 0 unspecified atom stereocenters. The number of fused-ring (bicyclic) bond motifs is 3. The van der Waals surface area contributed by atoms with Crippen LogP contribution in [-0.4, -0.2) is 0 Å².